The second-order valence-corrected chi connectivity index (χ2v) is 4.59. The van der Waals surface area contributed by atoms with Crippen molar-refractivity contribution in [3.63, 3.8) is 0 Å². The molecule has 0 saturated heterocycles. The largest absolute Gasteiger partial charge is 0.354 e. The fourth-order valence-corrected chi connectivity index (χ4v) is 1.09. The van der Waals surface area contributed by atoms with Crippen molar-refractivity contribution in [1.29, 1.82) is 0 Å². The third-order valence-corrected chi connectivity index (χ3v) is 2.79. The summed E-state index contributed by atoms with van der Waals surface area (Å²) in [7, 11) is 2.00. The lowest BCUT2D eigenvalue weighted by atomic mass is 9.89. The van der Waals surface area contributed by atoms with Crippen molar-refractivity contribution in [3.8, 4) is 0 Å². The number of carbonyl (C=O) groups is 1. The van der Waals surface area contributed by atoms with Gasteiger partial charge in [0.1, 0.15) is 0 Å². The van der Waals surface area contributed by atoms with Crippen molar-refractivity contribution < 1.29 is 4.79 Å². The maximum absolute atomic E-state index is 11.7. The number of nitrogens with one attached hydrogen (secondary N) is 1. The van der Waals surface area contributed by atoms with E-state index in [1.165, 1.54) is 0 Å². The van der Waals surface area contributed by atoms with Gasteiger partial charge in [0.25, 0.3) is 0 Å². The molecule has 0 radical (unpaired) electrons. The molecule has 4 heteroatoms. The van der Waals surface area contributed by atoms with Crippen molar-refractivity contribution in [3.05, 3.63) is 0 Å². The summed E-state index contributed by atoms with van der Waals surface area (Å²) in [4.78, 5) is 13.8. The lowest BCUT2D eigenvalue weighted by Gasteiger charge is -2.22. The minimum Gasteiger partial charge on any atom is -0.354 e. The van der Waals surface area contributed by atoms with Crippen molar-refractivity contribution in [1.82, 2.24) is 10.2 Å². The number of nitrogens with zero attached hydrogens (tertiary/aromatic N) is 1. The Balaban J connectivity index is 3.73. The van der Waals surface area contributed by atoms with Crippen LogP contribution in [0.3, 0.4) is 0 Å². The molecule has 0 bridgehead atoms. The highest BCUT2D eigenvalue weighted by Crippen LogP contribution is 2.18. The predicted octanol–water partition coefficient (Wildman–Crippen LogP) is 0.429. The van der Waals surface area contributed by atoms with E-state index in [9.17, 15) is 4.79 Å². The molecular weight excluding hydrogens is 190 g/mol. The maximum atomic E-state index is 11.7. The molecule has 0 aliphatic heterocycles. The van der Waals surface area contributed by atoms with E-state index in [0.717, 1.165) is 19.5 Å². The molecule has 0 fully saturated rings. The van der Waals surface area contributed by atoms with Crippen LogP contribution in [0.4, 0.5) is 0 Å². The molecule has 0 aliphatic carbocycles. The molecule has 90 valence electrons. The van der Waals surface area contributed by atoms with Gasteiger partial charge in [-0.1, -0.05) is 20.8 Å². The third-order valence-electron chi connectivity index (χ3n) is 2.79. The molecule has 0 aromatic carbocycles. The Labute approximate surface area is 93.2 Å². The lowest BCUT2D eigenvalue weighted by molar-refractivity contribution is -0.129. The fraction of sp³-hybridized carbons (Fsp3) is 0.909. The molecule has 0 aromatic rings. The molecule has 0 saturated carbocycles. The summed E-state index contributed by atoms with van der Waals surface area (Å²) in [5, 5.41) is 2.94. The molecule has 0 aromatic heterocycles. The molecule has 1 amide bonds. The third kappa shape index (κ3) is 5.74. The first kappa shape index (κ1) is 14.4. The summed E-state index contributed by atoms with van der Waals surface area (Å²) in [6.07, 6.45) is 0.859. The van der Waals surface area contributed by atoms with Crippen LogP contribution in [0.15, 0.2) is 0 Å². The summed E-state index contributed by atoms with van der Waals surface area (Å²) in [6, 6.07) is 0. The second kappa shape index (κ2) is 6.80. The van der Waals surface area contributed by atoms with Crippen LogP contribution in [-0.2, 0) is 4.79 Å². The van der Waals surface area contributed by atoms with Crippen LogP contribution >= 0.6 is 0 Å². The molecule has 0 rings (SSSR count). The fourth-order valence-electron chi connectivity index (χ4n) is 1.09. The quantitative estimate of drug-likeness (QED) is 0.647. The van der Waals surface area contributed by atoms with Gasteiger partial charge in [-0.2, -0.15) is 0 Å². The van der Waals surface area contributed by atoms with Gasteiger partial charge in [0.15, 0.2) is 0 Å². The molecule has 0 aliphatic rings. The Kier molecular flexibility index (Phi) is 6.52. The van der Waals surface area contributed by atoms with Crippen molar-refractivity contribution in [2.75, 3.05) is 33.2 Å². The van der Waals surface area contributed by atoms with Gasteiger partial charge in [-0.05, 0) is 13.5 Å². The molecule has 0 atom stereocenters. The Morgan fingerprint density at radius 1 is 1.40 bits per heavy atom. The molecule has 3 N–H and O–H groups in total. The first-order valence-electron chi connectivity index (χ1n) is 5.61. The van der Waals surface area contributed by atoms with E-state index in [1.807, 2.05) is 27.8 Å². The van der Waals surface area contributed by atoms with E-state index in [-0.39, 0.29) is 11.3 Å². The standard InChI is InChI=1S/C11H25N3O/c1-5-11(2,3)10(15)13-7-9-14(4)8-6-12/h5-9,12H2,1-4H3,(H,13,15). The van der Waals surface area contributed by atoms with Gasteiger partial charge in [-0.15, -0.1) is 0 Å². The first-order valence-corrected chi connectivity index (χ1v) is 5.61. The zero-order chi connectivity index (χ0) is 11.9. The first-order chi connectivity index (χ1) is 6.94. The number of hydrogen-bond acceptors (Lipinski definition) is 3. The van der Waals surface area contributed by atoms with Gasteiger partial charge < -0.3 is 16.0 Å². The topological polar surface area (TPSA) is 58.4 Å². The van der Waals surface area contributed by atoms with Crippen molar-refractivity contribution >= 4 is 5.91 Å². The van der Waals surface area contributed by atoms with E-state index in [0.29, 0.717) is 13.1 Å². The van der Waals surface area contributed by atoms with Crippen LogP contribution < -0.4 is 11.1 Å². The highest BCUT2D eigenvalue weighted by molar-refractivity contribution is 5.81. The van der Waals surface area contributed by atoms with Gasteiger partial charge in [0.2, 0.25) is 5.91 Å². The average Bonchev–Trinajstić information content (AvgIpc) is 2.18. The Morgan fingerprint density at radius 2 is 2.00 bits per heavy atom. The normalized spacial score (nSPS) is 11.9. The van der Waals surface area contributed by atoms with Gasteiger partial charge >= 0.3 is 0 Å². The summed E-state index contributed by atoms with van der Waals surface area (Å²) in [6.45, 7) is 9.03. The highest BCUT2D eigenvalue weighted by Gasteiger charge is 2.24. The summed E-state index contributed by atoms with van der Waals surface area (Å²) >= 11 is 0. The Bertz CT molecular complexity index is 192. The Hall–Kier alpha value is -0.610. The number of nitrogens with two attached hydrogens (primary N) is 1. The highest BCUT2D eigenvalue weighted by atomic mass is 16.2. The number of carbonyl (C=O) groups excluding carboxylic acids is 1. The van der Waals surface area contributed by atoms with E-state index in [2.05, 4.69) is 10.2 Å². The maximum Gasteiger partial charge on any atom is 0.225 e. The van der Waals surface area contributed by atoms with Crippen LogP contribution in [0, 0.1) is 5.41 Å². The molecule has 0 spiro atoms. The Morgan fingerprint density at radius 3 is 2.47 bits per heavy atom. The van der Waals surface area contributed by atoms with E-state index < -0.39 is 0 Å². The van der Waals surface area contributed by atoms with Crippen LogP contribution in [0.25, 0.3) is 0 Å². The van der Waals surface area contributed by atoms with Crippen molar-refractivity contribution in [2.24, 2.45) is 11.1 Å². The number of likely N-dealkylation sites (N-methyl/N-ethyl adjacent to an activating group) is 1. The average molecular weight is 215 g/mol. The zero-order valence-electron chi connectivity index (χ0n) is 10.5. The predicted molar refractivity (Wildman–Crippen MR) is 63.6 cm³/mol. The summed E-state index contributed by atoms with van der Waals surface area (Å²) in [5.41, 5.74) is 5.17. The van der Waals surface area contributed by atoms with Crippen LogP contribution in [0.1, 0.15) is 27.2 Å². The van der Waals surface area contributed by atoms with Gasteiger partial charge in [0, 0.05) is 31.6 Å². The number of rotatable bonds is 7. The monoisotopic (exact) mass is 215 g/mol. The molecule has 4 nitrogen and oxygen atoms in total. The van der Waals surface area contributed by atoms with Crippen molar-refractivity contribution in [2.45, 2.75) is 27.2 Å². The second-order valence-electron chi connectivity index (χ2n) is 4.59. The number of hydrogen-bond donors (Lipinski definition) is 2. The zero-order valence-corrected chi connectivity index (χ0v) is 10.5. The van der Waals surface area contributed by atoms with Crippen LogP contribution in [0.2, 0.25) is 0 Å². The number of amides is 1. The molecule has 0 heterocycles. The smallest absolute Gasteiger partial charge is 0.225 e. The minimum atomic E-state index is -0.258. The lowest BCUT2D eigenvalue weighted by Crippen LogP contribution is -2.40. The van der Waals surface area contributed by atoms with Crippen LogP contribution in [-0.4, -0.2) is 44.0 Å². The molecule has 0 unspecified atom stereocenters. The van der Waals surface area contributed by atoms with E-state index in [1.54, 1.807) is 0 Å². The SMILES string of the molecule is CCC(C)(C)C(=O)NCCN(C)CCN. The van der Waals surface area contributed by atoms with Gasteiger partial charge in [-0.25, -0.2) is 0 Å². The van der Waals surface area contributed by atoms with Gasteiger partial charge in [0.05, 0.1) is 0 Å². The summed E-state index contributed by atoms with van der Waals surface area (Å²) < 4.78 is 0. The van der Waals surface area contributed by atoms with E-state index in [4.69, 9.17) is 5.73 Å². The molecular formula is C11H25N3O. The summed E-state index contributed by atoms with van der Waals surface area (Å²) in [5.74, 6) is 0.131. The van der Waals surface area contributed by atoms with E-state index >= 15 is 0 Å². The van der Waals surface area contributed by atoms with Gasteiger partial charge in [-0.3, -0.25) is 4.79 Å². The minimum absolute atomic E-state index is 0.131. The molecule has 15 heavy (non-hydrogen) atoms. The van der Waals surface area contributed by atoms with Crippen LogP contribution in [0.5, 0.6) is 0 Å².